The number of hydrogen-bond donors (Lipinski definition) is 1. The number of hydrogen-bond acceptors (Lipinski definition) is 2. The average molecular weight is 248 g/mol. The maximum absolute atomic E-state index is 10.9. The number of carbonyl (C=O) groups is 1. The summed E-state index contributed by atoms with van der Waals surface area (Å²) in [6.07, 6.45) is 10.1. The van der Waals surface area contributed by atoms with E-state index in [1.807, 2.05) is 12.2 Å². The molecule has 0 aromatic rings. The van der Waals surface area contributed by atoms with E-state index in [9.17, 15) is 4.79 Å². The maximum Gasteiger partial charge on any atom is 0.335 e. The van der Waals surface area contributed by atoms with Gasteiger partial charge in [-0.3, -0.25) is 0 Å². The Bertz CT molecular complexity index is 445. The van der Waals surface area contributed by atoms with E-state index >= 15 is 0 Å². The van der Waals surface area contributed by atoms with Crippen molar-refractivity contribution < 1.29 is 14.6 Å². The van der Waals surface area contributed by atoms with Crippen LogP contribution in [0.4, 0.5) is 0 Å². The number of carboxylic acids is 1. The molecule has 18 heavy (non-hydrogen) atoms. The van der Waals surface area contributed by atoms with Gasteiger partial charge in [-0.05, 0) is 31.6 Å². The monoisotopic (exact) mass is 248 g/mol. The third kappa shape index (κ3) is 1.72. The Kier molecular flexibility index (Phi) is 2.46. The molecule has 1 spiro atoms. The van der Waals surface area contributed by atoms with Crippen LogP contribution in [0, 0.1) is 11.3 Å². The molecule has 1 saturated carbocycles. The Morgan fingerprint density at radius 2 is 2.22 bits per heavy atom. The van der Waals surface area contributed by atoms with Gasteiger partial charge >= 0.3 is 5.97 Å². The van der Waals surface area contributed by atoms with Crippen LogP contribution < -0.4 is 0 Å². The minimum Gasteiger partial charge on any atom is -0.478 e. The Labute approximate surface area is 108 Å². The molecule has 3 heteroatoms. The molecule has 2 fully saturated rings. The fraction of sp³-hybridized carbons (Fsp3) is 0.667. The number of rotatable bonds is 2. The highest BCUT2D eigenvalue weighted by atomic mass is 16.5. The summed E-state index contributed by atoms with van der Waals surface area (Å²) in [5, 5.41) is 8.96. The molecule has 0 amide bonds. The lowest BCUT2D eigenvalue weighted by molar-refractivity contribution is -0.132. The first-order valence-electron chi connectivity index (χ1n) is 6.76. The topological polar surface area (TPSA) is 46.5 Å². The van der Waals surface area contributed by atoms with Gasteiger partial charge in [-0.15, -0.1) is 0 Å². The van der Waals surface area contributed by atoms with Gasteiger partial charge in [-0.1, -0.05) is 32.1 Å². The van der Waals surface area contributed by atoms with Crippen LogP contribution in [0.5, 0.6) is 0 Å². The molecule has 2 aliphatic carbocycles. The second kappa shape index (κ2) is 3.70. The quantitative estimate of drug-likeness (QED) is 0.817. The Balaban J connectivity index is 1.75. The first-order valence-corrected chi connectivity index (χ1v) is 6.76. The summed E-state index contributed by atoms with van der Waals surface area (Å²) < 4.78 is 6.28. The number of carboxylic acid groups (broad SMARTS) is 1. The molecule has 3 unspecified atom stereocenters. The highest BCUT2D eigenvalue weighted by Gasteiger charge is 2.57. The summed E-state index contributed by atoms with van der Waals surface area (Å²) in [5.74, 6) is -0.203. The van der Waals surface area contributed by atoms with Crippen LogP contribution in [-0.4, -0.2) is 22.8 Å². The van der Waals surface area contributed by atoms with Crippen molar-refractivity contribution in [3.63, 3.8) is 0 Å². The third-order valence-corrected chi connectivity index (χ3v) is 4.97. The smallest absolute Gasteiger partial charge is 0.335 e. The zero-order valence-electron chi connectivity index (χ0n) is 11.0. The van der Waals surface area contributed by atoms with E-state index in [0.717, 1.165) is 12.8 Å². The largest absolute Gasteiger partial charge is 0.478 e. The molecular formula is C15H20O3. The van der Waals surface area contributed by atoms with Gasteiger partial charge in [0.05, 0.1) is 17.3 Å². The van der Waals surface area contributed by atoms with Gasteiger partial charge in [0, 0.05) is 5.41 Å². The van der Waals surface area contributed by atoms with Crippen molar-refractivity contribution in [2.75, 3.05) is 0 Å². The van der Waals surface area contributed by atoms with E-state index in [2.05, 4.69) is 13.8 Å². The highest BCUT2D eigenvalue weighted by Crippen LogP contribution is 2.57. The maximum atomic E-state index is 10.9. The molecule has 0 aromatic carbocycles. The van der Waals surface area contributed by atoms with Gasteiger partial charge in [-0.25, -0.2) is 4.79 Å². The summed E-state index contributed by atoms with van der Waals surface area (Å²) in [4.78, 5) is 10.9. The summed E-state index contributed by atoms with van der Waals surface area (Å²) in [6, 6.07) is 0. The lowest BCUT2D eigenvalue weighted by Gasteiger charge is -2.33. The Morgan fingerprint density at radius 1 is 1.50 bits per heavy atom. The van der Waals surface area contributed by atoms with Crippen molar-refractivity contribution in [1.29, 1.82) is 0 Å². The molecule has 0 bridgehead atoms. The number of ether oxygens (including phenoxy) is 1. The van der Waals surface area contributed by atoms with Gasteiger partial charge in [0.15, 0.2) is 0 Å². The zero-order chi connectivity index (χ0) is 13.0. The van der Waals surface area contributed by atoms with Gasteiger partial charge in [0.2, 0.25) is 0 Å². The van der Waals surface area contributed by atoms with E-state index in [1.54, 1.807) is 6.08 Å². The minimum absolute atomic E-state index is 0.0424. The molecule has 0 aromatic heterocycles. The first-order chi connectivity index (χ1) is 8.45. The van der Waals surface area contributed by atoms with Crippen LogP contribution >= 0.6 is 0 Å². The van der Waals surface area contributed by atoms with Crippen LogP contribution in [0.15, 0.2) is 23.8 Å². The molecule has 1 N–H and O–H groups in total. The molecule has 1 aliphatic heterocycles. The van der Waals surface area contributed by atoms with Crippen LogP contribution in [0.1, 0.15) is 39.5 Å². The average Bonchev–Trinajstić information content (AvgIpc) is 3.01. The molecule has 3 atom stereocenters. The molecular weight excluding hydrogens is 228 g/mol. The van der Waals surface area contributed by atoms with E-state index in [4.69, 9.17) is 9.84 Å². The Hall–Kier alpha value is -1.09. The molecule has 1 heterocycles. The third-order valence-electron chi connectivity index (χ3n) is 4.97. The van der Waals surface area contributed by atoms with Crippen molar-refractivity contribution in [3.05, 3.63) is 23.8 Å². The lowest BCUT2D eigenvalue weighted by atomic mass is 9.75. The predicted molar refractivity (Wildman–Crippen MR) is 68.2 cm³/mol. The van der Waals surface area contributed by atoms with E-state index in [1.165, 1.54) is 12.8 Å². The van der Waals surface area contributed by atoms with Crippen LogP contribution in [-0.2, 0) is 9.53 Å². The fourth-order valence-corrected chi connectivity index (χ4v) is 3.26. The van der Waals surface area contributed by atoms with Gasteiger partial charge in [0.25, 0.3) is 0 Å². The summed E-state index contributed by atoms with van der Waals surface area (Å²) in [6.45, 7) is 4.46. The summed E-state index contributed by atoms with van der Waals surface area (Å²) in [7, 11) is 0. The fourth-order valence-electron chi connectivity index (χ4n) is 3.26. The highest BCUT2D eigenvalue weighted by molar-refractivity contribution is 5.90. The molecule has 98 valence electrons. The molecule has 3 nitrogen and oxygen atoms in total. The second-order valence-corrected chi connectivity index (χ2v) is 6.32. The van der Waals surface area contributed by atoms with E-state index in [0.29, 0.717) is 11.5 Å². The van der Waals surface area contributed by atoms with E-state index < -0.39 is 5.97 Å². The molecule has 3 rings (SSSR count). The molecule has 0 radical (unpaired) electrons. The minimum atomic E-state index is -0.840. The van der Waals surface area contributed by atoms with Gasteiger partial charge < -0.3 is 9.84 Å². The summed E-state index contributed by atoms with van der Waals surface area (Å²) >= 11 is 0. The van der Waals surface area contributed by atoms with Crippen molar-refractivity contribution in [1.82, 2.24) is 0 Å². The second-order valence-electron chi connectivity index (χ2n) is 6.32. The van der Waals surface area contributed by atoms with Gasteiger partial charge in [0.1, 0.15) is 0 Å². The van der Waals surface area contributed by atoms with Crippen LogP contribution in [0.25, 0.3) is 0 Å². The predicted octanol–water partition coefficient (Wildman–Crippen LogP) is 2.92. The van der Waals surface area contributed by atoms with Crippen LogP contribution in [0.3, 0.4) is 0 Å². The molecule has 3 aliphatic rings. The molecule has 1 saturated heterocycles. The van der Waals surface area contributed by atoms with E-state index in [-0.39, 0.29) is 17.1 Å². The van der Waals surface area contributed by atoms with Crippen molar-refractivity contribution in [2.45, 2.75) is 51.2 Å². The zero-order valence-corrected chi connectivity index (χ0v) is 11.0. The number of aliphatic carboxylic acids is 1. The van der Waals surface area contributed by atoms with Crippen LogP contribution in [0.2, 0.25) is 0 Å². The van der Waals surface area contributed by atoms with Crippen molar-refractivity contribution in [3.8, 4) is 0 Å². The standard InChI is InChI=1S/C15H20O3/c1-10-9-12(18-15(10)7-8-15)14(2)5-3-11(4-6-14)13(16)17/h3-5,10,12H,6-9H2,1-2H3,(H,16,17). The van der Waals surface area contributed by atoms with Crippen molar-refractivity contribution >= 4 is 5.97 Å². The van der Waals surface area contributed by atoms with Gasteiger partial charge in [-0.2, -0.15) is 0 Å². The first kappa shape index (κ1) is 12.0. The lowest BCUT2D eigenvalue weighted by Crippen LogP contribution is -2.32. The normalized spacial score (nSPS) is 40.9. The summed E-state index contributed by atoms with van der Waals surface area (Å²) in [5.41, 5.74) is 0.525. The van der Waals surface area contributed by atoms with Crippen molar-refractivity contribution in [2.24, 2.45) is 11.3 Å². The number of allylic oxidation sites excluding steroid dienone is 1. The Morgan fingerprint density at radius 3 is 2.67 bits per heavy atom. The SMILES string of the molecule is CC1CC(C2(C)C=CC(C(=O)O)=CC2)OC12CC2.